The number of hydrogen-bond donors (Lipinski definition) is 1. The van der Waals surface area contributed by atoms with Crippen LogP contribution in [0.3, 0.4) is 0 Å². The van der Waals surface area contributed by atoms with Crippen molar-refractivity contribution in [1.29, 1.82) is 0 Å². The molecule has 1 saturated heterocycles. The van der Waals surface area contributed by atoms with Crippen LogP contribution in [-0.4, -0.2) is 36.4 Å². The minimum Gasteiger partial charge on any atom is -0.497 e. The molecule has 0 radical (unpaired) electrons. The van der Waals surface area contributed by atoms with Gasteiger partial charge in [-0.3, -0.25) is 9.59 Å². The molecule has 1 atom stereocenters. The van der Waals surface area contributed by atoms with E-state index in [0.717, 1.165) is 24.3 Å². The molecule has 1 N–H and O–H groups in total. The Morgan fingerprint density at radius 1 is 1.23 bits per heavy atom. The Morgan fingerprint density at radius 3 is 2.55 bits per heavy atom. The van der Waals surface area contributed by atoms with Gasteiger partial charge in [0.15, 0.2) is 0 Å². The Bertz CT molecular complexity index is 550. The van der Waals surface area contributed by atoms with Gasteiger partial charge in [-0.2, -0.15) is 0 Å². The predicted molar refractivity (Wildman–Crippen MR) is 83.7 cm³/mol. The molecule has 1 aliphatic carbocycles. The van der Waals surface area contributed by atoms with E-state index in [2.05, 4.69) is 5.32 Å². The van der Waals surface area contributed by atoms with Gasteiger partial charge in [-0.1, -0.05) is 12.8 Å². The fourth-order valence-electron chi connectivity index (χ4n) is 3.39. The summed E-state index contributed by atoms with van der Waals surface area (Å²) in [6.07, 6.45) is 4.88. The number of carbonyl (C=O) groups excluding carboxylic acids is 2. The maximum absolute atomic E-state index is 12.4. The molecule has 5 nitrogen and oxygen atoms in total. The second-order valence-electron chi connectivity index (χ2n) is 6.10. The van der Waals surface area contributed by atoms with Gasteiger partial charge in [0, 0.05) is 24.7 Å². The van der Waals surface area contributed by atoms with Gasteiger partial charge in [-0.25, -0.2) is 0 Å². The average Bonchev–Trinajstić information content (AvgIpc) is 3.17. The minimum absolute atomic E-state index is 0.0704. The molecule has 1 saturated carbocycles. The van der Waals surface area contributed by atoms with E-state index in [1.165, 1.54) is 12.8 Å². The summed E-state index contributed by atoms with van der Waals surface area (Å²) < 4.78 is 5.10. The highest BCUT2D eigenvalue weighted by Gasteiger charge is 2.38. The van der Waals surface area contributed by atoms with Crippen molar-refractivity contribution in [2.45, 2.75) is 38.1 Å². The maximum atomic E-state index is 12.4. The summed E-state index contributed by atoms with van der Waals surface area (Å²) in [7, 11) is 1.61. The quantitative estimate of drug-likeness (QED) is 0.929. The lowest BCUT2D eigenvalue weighted by Crippen LogP contribution is -2.35. The first-order chi connectivity index (χ1) is 10.7. The molecule has 1 heterocycles. The molecule has 2 aliphatic rings. The molecular weight excluding hydrogens is 280 g/mol. The van der Waals surface area contributed by atoms with E-state index >= 15 is 0 Å². The Hall–Kier alpha value is -2.04. The number of amides is 2. The number of ether oxygens (including phenoxy) is 1. The number of hydrogen-bond acceptors (Lipinski definition) is 3. The second kappa shape index (κ2) is 6.38. The summed E-state index contributed by atoms with van der Waals surface area (Å²) in [5.74, 6) is 0.567. The van der Waals surface area contributed by atoms with Gasteiger partial charge < -0.3 is 15.0 Å². The van der Waals surface area contributed by atoms with Crippen molar-refractivity contribution in [3.63, 3.8) is 0 Å². The summed E-state index contributed by atoms with van der Waals surface area (Å²) in [4.78, 5) is 26.4. The molecule has 118 valence electrons. The lowest BCUT2D eigenvalue weighted by molar-refractivity contribution is -0.129. The van der Waals surface area contributed by atoms with Crippen molar-refractivity contribution in [3.8, 4) is 5.75 Å². The highest BCUT2D eigenvalue weighted by Crippen LogP contribution is 2.30. The topological polar surface area (TPSA) is 58.6 Å². The summed E-state index contributed by atoms with van der Waals surface area (Å²) in [5, 5.41) is 2.89. The summed E-state index contributed by atoms with van der Waals surface area (Å²) in [5.41, 5.74) is 0.734. The highest BCUT2D eigenvalue weighted by atomic mass is 16.5. The van der Waals surface area contributed by atoms with Crippen LogP contribution in [0.4, 0.5) is 5.69 Å². The van der Waals surface area contributed by atoms with E-state index in [-0.39, 0.29) is 17.7 Å². The number of methoxy groups -OCH3 is 1. The summed E-state index contributed by atoms with van der Waals surface area (Å²) in [6, 6.07) is 7.58. The van der Waals surface area contributed by atoms with Gasteiger partial charge in [0.2, 0.25) is 11.8 Å². The summed E-state index contributed by atoms with van der Waals surface area (Å²) >= 11 is 0. The molecule has 1 aromatic carbocycles. The number of nitrogens with zero attached hydrogens (tertiary/aromatic N) is 1. The van der Waals surface area contributed by atoms with Crippen LogP contribution in [-0.2, 0) is 9.59 Å². The summed E-state index contributed by atoms with van der Waals surface area (Å²) in [6.45, 7) is 0.561. The van der Waals surface area contributed by atoms with Crippen LogP contribution in [0.5, 0.6) is 5.75 Å². The smallest absolute Gasteiger partial charge is 0.229 e. The number of likely N-dealkylation sites (tertiary alicyclic amines) is 1. The third-order valence-corrected chi connectivity index (χ3v) is 4.65. The van der Waals surface area contributed by atoms with Crippen LogP contribution in [0.2, 0.25) is 0 Å². The highest BCUT2D eigenvalue weighted by molar-refractivity contribution is 5.97. The van der Waals surface area contributed by atoms with Crippen LogP contribution in [0.25, 0.3) is 0 Å². The number of nitrogens with one attached hydrogen (secondary N) is 1. The van der Waals surface area contributed by atoms with Crippen molar-refractivity contribution in [2.24, 2.45) is 5.92 Å². The molecule has 0 spiro atoms. The fourth-order valence-corrected chi connectivity index (χ4v) is 3.39. The van der Waals surface area contributed by atoms with Crippen LogP contribution >= 0.6 is 0 Å². The number of benzene rings is 1. The molecule has 2 amide bonds. The van der Waals surface area contributed by atoms with Crippen LogP contribution in [0.1, 0.15) is 32.1 Å². The molecular formula is C17H22N2O3. The van der Waals surface area contributed by atoms with E-state index in [0.29, 0.717) is 19.0 Å². The first-order valence-corrected chi connectivity index (χ1v) is 7.92. The molecule has 0 bridgehead atoms. The first kappa shape index (κ1) is 14.9. The molecule has 3 rings (SSSR count). The van der Waals surface area contributed by atoms with E-state index in [4.69, 9.17) is 4.74 Å². The van der Waals surface area contributed by atoms with E-state index < -0.39 is 0 Å². The molecule has 0 aromatic heterocycles. The van der Waals surface area contributed by atoms with Crippen molar-refractivity contribution in [2.75, 3.05) is 19.0 Å². The monoisotopic (exact) mass is 302 g/mol. The Balaban J connectivity index is 1.59. The van der Waals surface area contributed by atoms with Crippen molar-refractivity contribution >= 4 is 17.5 Å². The Morgan fingerprint density at radius 2 is 1.91 bits per heavy atom. The van der Waals surface area contributed by atoms with Gasteiger partial charge in [-0.15, -0.1) is 0 Å². The minimum atomic E-state index is -0.241. The van der Waals surface area contributed by atoms with Crippen LogP contribution < -0.4 is 10.1 Å². The van der Waals surface area contributed by atoms with Crippen molar-refractivity contribution in [3.05, 3.63) is 24.3 Å². The lowest BCUT2D eigenvalue weighted by Gasteiger charge is -2.23. The molecule has 1 aromatic rings. The lowest BCUT2D eigenvalue weighted by atomic mass is 10.1. The Kier molecular flexibility index (Phi) is 4.32. The zero-order valence-electron chi connectivity index (χ0n) is 12.9. The maximum Gasteiger partial charge on any atom is 0.229 e. The van der Waals surface area contributed by atoms with Gasteiger partial charge in [0.05, 0.1) is 13.0 Å². The van der Waals surface area contributed by atoms with Crippen LogP contribution in [0.15, 0.2) is 24.3 Å². The van der Waals surface area contributed by atoms with E-state index in [1.807, 2.05) is 17.0 Å². The normalized spacial score (nSPS) is 22.1. The third kappa shape index (κ3) is 3.08. The number of rotatable bonds is 4. The number of anilines is 1. The largest absolute Gasteiger partial charge is 0.497 e. The van der Waals surface area contributed by atoms with E-state index in [1.54, 1.807) is 19.2 Å². The second-order valence-corrected chi connectivity index (χ2v) is 6.10. The van der Waals surface area contributed by atoms with E-state index in [9.17, 15) is 9.59 Å². The third-order valence-electron chi connectivity index (χ3n) is 4.65. The van der Waals surface area contributed by atoms with Gasteiger partial charge in [0.25, 0.3) is 0 Å². The molecule has 1 aliphatic heterocycles. The standard InChI is InChI=1S/C17H22N2O3/c1-22-15-8-6-13(7-9-15)18-17(21)12-10-16(20)19(11-12)14-4-2-3-5-14/h6-9,12,14H,2-5,10-11H2,1H3,(H,18,21)/t12-/m0/s1. The fraction of sp³-hybridized carbons (Fsp3) is 0.529. The molecule has 2 fully saturated rings. The molecule has 22 heavy (non-hydrogen) atoms. The predicted octanol–water partition coefficient (Wildman–Crippen LogP) is 2.42. The molecule has 0 unspecified atom stereocenters. The first-order valence-electron chi connectivity index (χ1n) is 7.92. The van der Waals surface area contributed by atoms with Crippen LogP contribution in [0, 0.1) is 5.92 Å². The Labute approximate surface area is 130 Å². The molecule has 5 heteroatoms. The zero-order valence-corrected chi connectivity index (χ0v) is 12.9. The van der Waals surface area contributed by atoms with Gasteiger partial charge in [0.1, 0.15) is 5.75 Å². The van der Waals surface area contributed by atoms with Crippen molar-refractivity contribution < 1.29 is 14.3 Å². The van der Waals surface area contributed by atoms with Gasteiger partial charge >= 0.3 is 0 Å². The van der Waals surface area contributed by atoms with Gasteiger partial charge in [-0.05, 0) is 37.1 Å². The number of carbonyl (C=O) groups is 2. The zero-order chi connectivity index (χ0) is 15.5. The van der Waals surface area contributed by atoms with Crippen molar-refractivity contribution in [1.82, 2.24) is 4.90 Å². The average molecular weight is 302 g/mol. The SMILES string of the molecule is COc1ccc(NC(=O)[C@H]2CC(=O)N(C3CCCC3)C2)cc1.